The van der Waals surface area contributed by atoms with Crippen molar-refractivity contribution in [3.63, 3.8) is 0 Å². The molecule has 7 nitrogen and oxygen atoms in total. The van der Waals surface area contributed by atoms with Gasteiger partial charge in [-0.15, -0.1) is 21.5 Å². The fourth-order valence-corrected chi connectivity index (χ4v) is 4.30. The summed E-state index contributed by atoms with van der Waals surface area (Å²) in [6.45, 7) is 1.85. The lowest BCUT2D eigenvalue weighted by molar-refractivity contribution is 0.415. The number of rotatable bonds is 6. The Balaban J connectivity index is 1.69. The first-order valence-corrected chi connectivity index (χ1v) is 9.60. The number of ether oxygens (including phenoxy) is 1. The predicted octanol–water partition coefficient (Wildman–Crippen LogP) is 3.40. The van der Waals surface area contributed by atoms with Crippen molar-refractivity contribution in [1.29, 1.82) is 0 Å². The number of benzene rings is 1. The van der Waals surface area contributed by atoms with Gasteiger partial charge in [-0.25, -0.2) is 8.42 Å². The Hall–Kier alpha value is -2.65. The summed E-state index contributed by atoms with van der Waals surface area (Å²) in [4.78, 5) is 0.922. The molecule has 0 aliphatic rings. The van der Waals surface area contributed by atoms with Gasteiger partial charge in [-0.1, -0.05) is 0 Å². The highest BCUT2D eigenvalue weighted by Crippen LogP contribution is 2.23. The van der Waals surface area contributed by atoms with Gasteiger partial charge in [-0.05, 0) is 55.5 Å². The van der Waals surface area contributed by atoms with Gasteiger partial charge in [0.15, 0.2) is 11.6 Å². The van der Waals surface area contributed by atoms with E-state index in [-0.39, 0.29) is 10.0 Å². The number of thiophene rings is 1. The number of hydrogen-bond donors (Lipinski definition) is 2. The van der Waals surface area contributed by atoms with Crippen molar-refractivity contribution in [2.24, 2.45) is 0 Å². The molecule has 0 unspecified atom stereocenters. The molecule has 0 amide bonds. The SMILES string of the molecule is COc1ccc(Nc2ccc(NS(=O)(=O)c3ccc(C)s3)nn2)cc1. The van der Waals surface area contributed by atoms with Gasteiger partial charge in [0, 0.05) is 10.6 Å². The van der Waals surface area contributed by atoms with Gasteiger partial charge in [-0.3, -0.25) is 4.72 Å². The van der Waals surface area contributed by atoms with Crippen LogP contribution in [0.15, 0.2) is 52.7 Å². The molecule has 0 aliphatic heterocycles. The summed E-state index contributed by atoms with van der Waals surface area (Å²) in [5.74, 6) is 1.41. The first kappa shape index (κ1) is 17.2. The highest BCUT2D eigenvalue weighted by molar-refractivity contribution is 7.94. The van der Waals surface area contributed by atoms with E-state index in [0.717, 1.165) is 16.3 Å². The van der Waals surface area contributed by atoms with E-state index < -0.39 is 10.0 Å². The largest absolute Gasteiger partial charge is 0.497 e. The van der Waals surface area contributed by atoms with Gasteiger partial charge in [0.25, 0.3) is 10.0 Å². The highest BCUT2D eigenvalue weighted by Gasteiger charge is 2.17. The minimum atomic E-state index is -3.64. The number of nitrogens with one attached hydrogen (secondary N) is 2. The highest BCUT2D eigenvalue weighted by atomic mass is 32.2. The van der Waals surface area contributed by atoms with Crippen LogP contribution >= 0.6 is 11.3 Å². The van der Waals surface area contributed by atoms with E-state index >= 15 is 0 Å². The molecular formula is C16H16N4O3S2. The second-order valence-corrected chi connectivity index (χ2v) is 8.33. The van der Waals surface area contributed by atoms with E-state index in [9.17, 15) is 8.42 Å². The zero-order valence-corrected chi connectivity index (χ0v) is 15.2. The molecule has 9 heteroatoms. The molecule has 2 aromatic heterocycles. The number of hydrogen-bond acceptors (Lipinski definition) is 7. The van der Waals surface area contributed by atoms with E-state index in [0.29, 0.717) is 5.82 Å². The normalized spacial score (nSPS) is 11.1. The van der Waals surface area contributed by atoms with Crippen molar-refractivity contribution in [2.45, 2.75) is 11.1 Å². The Bertz CT molecular complexity index is 952. The topological polar surface area (TPSA) is 93.2 Å². The number of methoxy groups -OCH3 is 1. The zero-order valence-electron chi connectivity index (χ0n) is 13.6. The molecular weight excluding hydrogens is 360 g/mol. The molecule has 0 saturated carbocycles. The summed E-state index contributed by atoms with van der Waals surface area (Å²) in [5, 5.41) is 11.0. The molecule has 0 aliphatic carbocycles. The second-order valence-electron chi connectivity index (χ2n) is 5.13. The van der Waals surface area contributed by atoms with Crippen molar-refractivity contribution < 1.29 is 13.2 Å². The molecule has 0 saturated heterocycles. The van der Waals surface area contributed by atoms with Crippen LogP contribution in [0.1, 0.15) is 4.88 Å². The van der Waals surface area contributed by atoms with Crippen LogP contribution in [0.4, 0.5) is 17.3 Å². The van der Waals surface area contributed by atoms with E-state index in [1.165, 1.54) is 11.3 Å². The van der Waals surface area contributed by atoms with E-state index in [4.69, 9.17) is 4.74 Å². The third-order valence-corrected chi connectivity index (χ3v) is 6.09. The minimum Gasteiger partial charge on any atom is -0.497 e. The number of anilines is 3. The molecule has 130 valence electrons. The fourth-order valence-electron chi connectivity index (χ4n) is 2.02. The van der Waals surface area contributed by atoms with E-state index in [1.807, 2.05) is 31.2 Å². The Morgan fingerprint density at radius 2 is 1.64 bits per heavy atom. The lowest BCUT2D eigenvalue weighted by Crippen LogP contribution is -2.13. The molecule has 25 heavy (non-hydrogen) atoms. The molecule has 3 rings (SSSR count). The first-order chi connectivity index (χ1) is 12.0. The zero-order chi connectivity index (χ0) is 17.9. The minimum absolute atomic E-state index is 0.159. The quantitative estimate of drug-likeness (QED) is 0.685. The maximum Gasteiger partial charge on any atom is 0.272 e. The van der Waals surface area contributed by atoms with Crippen LogP contribution in [0.25, 0.3) is 0 Å². The van der Waals surface area contributed by atoms with Gasteiger partial charge in [0.2, 0.25) is 0 Å². The summed E-state index contributed by atoms with van der Waals surface area (Å²) < 4.78 is 32.3. The van der Waals surface area contributed by atoms with Crippen molar-refractivity contribution in [3.8, 4) is 5.75 Å². The van der Waals surface area contributed by atoms with Crippen LogP contribution in [0.2, 0.25) is 0 Å². The Labute approximate surface area is 149 Å². The van der Waals surface area contributed by atoms with Gasteiger partial charge in [0.1, 0.15) is 9.96 Å². The Kier molecular flexibility index (Phi) is 4.86. The number of sulfonamides is 1. The van der Waals surface area contributed by atoms with Crippen LogP contribution in [-0.4, -0.2) is 25.7 Å². The average molecular weight is 376 g/mol. The molecule has 2 N–H and O–H groups in total. The standard InChI is InChI=1S/C16H16N4O3S2/c1-11-3-10-16(24-11)25(21,22)20-15-9-8-14(18-19-15)17-12-4-6-13(23-2)7-5-12/h3-10H,1-2H3,(H,17,18)(H,19,20). The molecule has 3 aromatic rings. The number of nitrogens with zero attached hydrogens (tertiary/aromatic N) is 2. The monoisotopic (exact) mass is 376 g/mol. The van der Waals surface area contributed by atoms with E-state index in [2.05, 4.69) is 20.2 Å². The lowest BCUT2D eigenvalue weighted by Gasteiger charge is -2.08. The van der Waals surface area contributed by atoms with Crippen LogP contribution in [0.3, 0.4) is 0 Å². The molecule has 2 heterocycles. The predicted molar refractivity (Wildman–Crippen MR) is 98.2 cm³/mol. The average Bonchev–Trinajstić information content (AvgIpc) is 3.05. The maximum atomic E-state index is 12.3. The van der Waals surface area contributed by atoms with Crippen molar-refractivity contribution in [1.82, 2.24) is 10.2 Å². The second kappa shape index (κ2) is 7.08. The molecule has 0 atom stereocenters. The summed E-state index contributed by atoms with van der Waals surface area (Å²) >= 11 is 1.20. The van der Waals surface area contributed by atoms with Crippen LogP contribution in [0.5, 0.6) is 5.75 Å². The van der Waals surface area contributed by atoms with Crippen LogP contribution < -0.4 is 14.8 Å². The lowest BCUT2D eigenvalue weighted by atomic mass is 10.3. The fraction of sp³-hybridized carbons (Fsp3) is 0.125. The van der Waals surface area contributed by atoms with Crippen molar-refractivity contribution in [2.75, 3.05) is 17.1 Å². The Morgan fingerprint density at radius 3 is 2.20 bits per heavy atom. The molecule has 0 fully saturated rings. The van der Waals surface area contributed by atoms with Gasteiger partial charge in [0.05, 0.1) is 7.11 Å². The number of aryl methyl sites for hydroxylation is 1. The number of aromatic nitrogens is 2. The summed E-state index contributed by atoms with van der Waals surface area (Å²) in [7, 11) is -2.04. The smallest absolute Gasteiger partial charge is 0.272 e. The van der Waals surface area contributed by atoms with Crippen LogP contribution in [-0.2, 0) is 10.0 Å². The summed E-state index contributed by atoms with van der Waals surface area (Å²) in [6.07, 6.45) is 0. The van der Waals surface area contributed by atoms with E-state index in [1.54, 1.807) is 31.4 Å². The first-order valence-electron chi connectivity index (χ1n) is 7.30. The summed E-state index contributed by atoms with van der Waals surface area (Å²) in [5.41, 5.74) is 0.817. The Morgan fingerprint density at radius 1 is 0.960 bits per heavy atom. The maximum absolute atomic E-state index is 12.3. The summed E-state index contributed by atoms with van der Waals surface area (Å²) in [6, 6.07) is 13.9. The van der Waals surface area contributed by atoms with Crippen molar-refractivity contribution in [3.05, 3.63) is 53.4 Å². The third-order valence-electron chi connectivity index (χ3n) is 3.25. The van der Waals surface area contributed by atoms with Crippen LogP contribution in [0, 0.1) is 6.92 Å². The molecule has 0 radical (unpaired) electrons. The third kappa shape index (κ3) is 4.25. The van der Waals surface area contributed by atoms with Gasteiger partial charge < -0.3 is 10.1 Å². The molecule has 1 aromatic carbocycles. The molecule has 0 bridgehead atoms. The molecule has 0 spiro atoms. The van der Waals surface area contributed by atoms with Gasteiger partial charge in [-0.2, -0.15) is 0 Å². The van der Waals surface area contributed by atoms with Gasteiger partial charge >= 0.3 is 0 Å². The van der Waals surface area contributed by atoms with Crippen molar-refractivity contribution >= 4 is 38.7 Å².